The van der Waals surface area contributed by atoms with Crippen LogP contribution in [0.4, 0.5) is 10.6 Å². The Balaban J connectivity index is 1.72. The molecule has 23 heavy (non-hydrogen) atoms. The van der Waals surface area contributed by atoms with E-state index >= 15 is 0 Å². The van der Waals surface area contributed by atoms with Gasteiger partial charge in [-0.25, -0.2) is 4.79 Å². The molecule has 0 saturated carbocycles. The van der Waals surface area contributed by atoms with E-state index in [1.54, 1.807) is 32.0 Å². The fourth-order valence-corrected chi connectivity index (χ4v) is 3.16. The normalized spacial score (nSPS) is 20.7. The molecule has 0 aromatic carbocycles. The number of thiophene rings is 1. The zero-order chi connectivity index (χ0) is 16.6. The van der Waals surface area contributed by atoms with Crippen LogP contribution in [-0.2, 0) is 15.1 Å². The van der Waals surface area contributed by atoms with Crippen molar-refractivity contribution in [1.29, 1.82) is 0 Å². The smallest absolute Gasteiger partial charge is 0.325 e. The highest BCUT2D eigenvalue weighted by molar-refractivity contribution is 7.10. The van der Waals surface area contributed by atoms with Crippen molar-refractivity contribution >= 4 is 35.0 Å². The van der Waals surface area contributed by atoms with E-state index in [0.717, 1.165) is 4.90 Å². The monoisotopic (exact) mass is 334 g/mol. The van der Waals surface area contributed by atoms with Crippen LogP contribution in [0.25, 0.3) is 0 Å². The third-order valence-corrected chi connectivity index (χ3v) is 4.58. The lowest BCUT2D eigenvalue weighted by Gasteiger charge is -2.19. The number of carbonyl (C=O) groups is 3. The van der Waals surface area contributed by atoms with Gasteiger partial charge in [-0.05, 0) is 25.3 Å². The van der Waals surface area contributed by atoms with Crippen molar-refractivity contribution in [3.63, 3.8) is 0 Å². The number of nitrogens with zero attached hydrogens (tertiary/aromatic N) is 2. The molecule has 2 aromatic rings. The minimum atomic E-state index is -1.14. The van der Waals surface area contributed by atoms with Gasteiger partial charge in [0.2, 0.25) is 5.91 Å². The molecular weight excluding hydrogens is 320 g/mol. The Morgan fingerprint density at radius 3 is 2.91 bits per heavy atom. The molecule has 4 amide bonds. The second kappa shape index (κ2) is 5.51. The third-order valence-electron chi connectivity index (χ3n) is 3.49. The first kappa shape index (κ1) is 15.2. The SMILES string of the molecule is Cc1cc(NC(=O)CN2C(=O)NC(C)(c3cccs3)C2=O)no1. The molecule has 0 radical (unpaired) electrons. The predicted octanol–water partition coefficient (Wildman–Crippen LogP) is 1.45. The molecule has 1 fully saturated rings. The van der Waals surface area contributed by atoms with Gasteiger partial charge in [-0.3, -0.25) is 14.5 Å². The van der Waals surface area contributed by atoms with Crippen LogP contribution in [0.5, 0.6) is 0 Å². The summed E-state index contributed by atoms with van der Waals surface area (Å²) in [5, 5.41) is 10.6. The molecule has 2 aromatic heterocycles. The van der Waals surface area contributed by atoms with Crippen molar-refractivity contribution in [2.75, 3.05) is 11.9 Å². The Kier molecular flexibility index (Phi) is 3.64. The first-order valence-electron chi connectivity index (χ1n) is 6.81. The van der Waals surface area contributed by atoms with Gasteiger partial charge in [0.1, 0.15) is 12.3 Å². The van der Waals surface area contributed by atoms with Crippen LogP contribution < -0.4 is 10.6 Å². The van der Waals surface area contributed by atoms with Crippen molar-refractivity contribution in [2.24, 2.45) is 0 Å². The molecule has 120 valence electrons. The van der Waals surface area contributed by atoms with Crippen molar-refractivity contribution in [3.05, 3.63) is 34.2 Å². The van der Waals surface area contributed by atoms with Gasteiger partial charge in [-0.1, -0.05) is 11.2 Å². The van der Waals surface area contributed by atoms with Gasteiger partial charge in [0, 0.05) is 10.9 Å². The maximum Gasteiger partial charge on any atom is 0.325 e. The number of amides is 4. The molecule has 1 saturated heterocycles. The first-order valence-corrected chi connectivity index (χ1v) is 7.69. The van der Waals surface area contributed by atoms with Gasteiger partial charge < -0.3 is 15.2 Å². The topological polar surface area (TPSA) is 105 Å². The molecule has 3 heterocycles. The summed E-state index contributed by atoms with van der Waals surface area (Å²) in [6, 6.07) is 4.51. The number of nitrogens with one attached hydrogen (secondary N) is 2. The van der Waals surface area contributed by atoms with E-state index in [1.165, 1.54) is 11.3 Å². The third kappa shape index (κ3) is 2.70. The summed E-state index contributed by atoms with van der Waals surface area (Å²) in [6.45, 7) is 2.92. The standard InChI is InChI=1S/C14H14N4O4S/c1-8-6-10(17-22-8)15-11(19)7-18-12(20)14(2,16-13(18)21)9-4-3-5-23-9/h3-6H,7H2,1-2H3,(H,16,21)(H,15,17,19). The zero-order valence-electron chi connectivity index (χ0n) is 12.5. The highest BCUT2D eigenvalue weighted by Gasteiger charge is 2.50. The van der Waals surface area contributed by atoms with E-state index < -0.39 is 29.9 Å². The van der Waals surface area contributed by atoms with Gasteiger partial charge in [0.15, 0.2) is 11.4 Å². The molecule has 1 atom stereocenters. The van der Waals surface area contributed by atoms with E-state index in [2.05, 4.69) is 15.8 Å². The summed E-state index contributed by atoms with van der Waals surface area (Å²) in [5.74, 6) is -0.213. The Labute approximate surface area is 135 Å². The van der Waals surface area contributed by atoms with Crippen LogP contribution in [0.1, 0.15) is 17.6 Å². The summed E-state index contributed by atoms with van der Waals surface area (Å²) in [7, 11) is 0. The largest absolute Gasteiger partial charge is 0.360 e. The van der Waals surface area contributed by atoms with Crippen LogP contribution in [0, 0.1) is 6.92 Å². The predicted molar refractivity (Wildman–Crippen MR) is 81.8 cm³/mol. The fourth-order valence-electron chi connectivity index (χ4n) is 2.32. The van der Waals surface area contributed by atoms with Gasteiger partial charge >= 0.3 is 6.03 Å². The Morgan fingerprint density at radius 2 is 2.30 bits per heavy atom. The maximum atomic E-state index is 12.6. The Morgan fingerprint density at radius 1 is 1.52 bits per heavy atom. The summed E-state index contributed by atoms with van der Waals surface area (Å²) in [4.78, 5) is 38.2. The molecule has 9 heteroatoms. The minimum Gasteiger partial charge on any atom is -0.360 e. The lowest BCUT2D eigenvalue weighted by molar-refractivity contribution is -0.133. The van der Waals surface area contributed by atoms with Crippen LogP contribution in [-0.4, -0.2) is 34.4 Å². The number of anilines is 1. The number of urea groups is 1. The number of carbonyl (C=O) groups excluding carboxylic acids is 3. The number of rotatable bonds is 4. The highest BCUT2D eigenvalue weighted by Crippen LogP contribution is 2.31. The lowest BCUT2D eigenvalue weighted by atomic mass is 10.0. The van der Waals surface area contributed by atoms with E-state index in [1.807, 2.05) is 5.38 Å². The van der Waals surface area contributed by atoms with Crippen molar-refractivity contribution in [2.45, 2.75) is 19.4 Å². The second-order valence-corrected chi connectivity index (χ2v) is 6.24. The molecule has 1 aliphatic heterocycles. The van der Waals surface area contributed by atoms with Gasteiger partial charge in [-0.2, -0.15) is 0 Å². The molecule has 1 aliphatic rings. The zero-order valence-corrected chi connectivity index (χ0v) is 13.3. The fraction of sp³-hybridized carbons (Fsp3) is 0.286. The van der Waals surface area contributed by atoms with Crippen LogP contribution in [0.2, 0.25) is 0 Å². The van der Waals surface area contributed by atoms with Crippen molar-refractivity contribution in [1.82, 2.24) is 15.4 Å². The van der Waals surface area contributed by atoms with E-state index in [4.69, 9.17) is 4.52 Å². The molecule has 0 aliphatic carbocycles. The van der Waals surface area contributed by atoms with Gasteiger partial charge in [0.25, 0.3) is 5.91 Å². The average Bonchev–Trinajstić information content (AvgIpc) is 3.19. The van der Waals surface area contributed by atoms with Crippen LogP contribution in [0.3, 0.4) is 0 Å². The molecule has 0 bridgehead atoms. The number of aromatic nitrogens is 1. The van der Waals surface area contributed by atoms with Gasteiger partial charge in [-0.15, -0.1) is 11.3 Å². The number of hydrogen-bond acceptors (Lipinski definition) is 6. The highest BCUT2D eigenvalue weighted by atomic mass is 32.1. The summed E-state index contributed by atoms with van der Waals surface area (Å²) in [5.41, 5.74) is -1.14. The summed E-state index contributed by atoms with van der Waals surface area (Å²) < 4.78 is 4.84. The maximum absolute atomic E-state index is 12.6. The van der Waals surface area contributed by atoms with Crippen LogP contribution >= 0.6 is 11.3 Å². The molecule has 8 nitrogen and oxygen atoms in total. The molecule has 1 unspecified atom stereocenters. The molecule has 3 rings (SSSR count). The molecule has 0 spiro atoms. The van der Waals surface area contributed by atoms with Crippen molar-refractivity contribution < 1.29 is 18.9 Å². The minimum absolute atomic E-state index is 0.237. The van der Waals surface area contributed by atoms with Gasteiger partial charge in [0.05, 0.1) is 0 Å². The quantitative estimate of drug-likeness (QED) is 0.824. The molecule has 2 N–H and O–H groups in total. The van der Waals surface area contributed by atoms with E-state index in [0.29, 0.717) is 10.6 Å². The molecular formula is C14H14N4O4S. The van der Waals surface area contributed by atoms with Crippen molar-refractivity contribution in [3.8, 4) is 0 Å². The van der Waals surface area contributed by atoms with E-state index in [9.17, 15) is 14.4 Å². The number of imide groups is 1. The Hall–Kier alpha value is -2.68. The lowest BCUT2D eigenvalue weighted by Crippen LogP contribution is -2.41. The number of aryl methyl sites for hydroxylation is 1. The summed E-state index contributed by atoms with van der Waals surface area (Å²) >= 11 is 1.37. The van der Waals surface area contributed by atoms with E-state index in [-0.39, 0.29) is 5.82 Å². The van der Waals surface area contributed by atoms with Crippen LogP contribution in [0.15, 0.2) is 28.1 Å². The first-order chi connectivity index (χ1) is 10.9. The number of hydrogen-bond donors (Lipinski definition) is 2. The second-order valence-electron chi connectivity index (χ2n) is 5.29. The average molecular weight is 334 g/mol. The Bertz CT molecular complexity index is 770. The summed E-state index contributed by atoms with van der Waals surface area (Å²) in [6.07, 6.45) is 0.